The number of carbonyl (C=O) groups is 1. The highest BCUT2D eigenvalue weighted by Gasteiger charge is 2.24. The second kappa shape index (κ2) is 5.91. The number of carbonyl (C=O) groups excluding carboxylic acids is 1. The summed E-state index contributed by atoms with van der Waals surface area (Å²) in [6.07, 6.45) is 5.15. The molecule has 1 fully saturated rings. The number of fused-ring (bicyclic) bond motifs is 1. The first-order valence-corrected chi connectivity index (χ1v) is 8.84. The smallest absolute Gasteiger partial charge is 0.223 e. The summed E-state index contributed by atoms with van der Waals surface area (Å²) in [5.74, 6) is 0.355. The van der Waals surface area contributed by atoms with Crippen molar-refractivity contribution in [1.29, 1.82) is 0 Å². The van der Waals surface area contributed by atoms with E-state index >= 15 is 0 Å². The van der Waals surface area contributed by atoms with E-state index in [1.807, 2.05) is 29.6 Å². The van der Waals surface area contributed by atoms with Gasteiger partial charge in [-0.05, 0) is 31.7 Å². The summed E-state index contributed by atoms with van der Waals surface area (Å²) in [5.41, 5.74) is 2.65. The molecular formula is C18H18N2O2S. The largest absolute Gasteiger partial charge is 0.393 e. The minimum absolute atomic E-state index is 0.0189. The maximum atomic E-state index is 12.8. The number of rotatable bonds is 3. The van der Waals surface area contributed by atoms with Gasteiger partial charge in [-0.2, -0.15) is 0 Å². The molecule has 1 saturated carbocycles. The highest BCUT2D eigenvalue weighted by molar-refractivity contribution is 7.12. The van der Waals surface area contributed by atoms with Gasteiger partial charge in [0.1, 0.15) is 0 Å². The molecule has 0 amide bonds. The van der Waals surface area contributed by atoms with Crippen LogP contribution in [0.1, 0.15) is 52.7 Å². The lowest BCUT2D eigenvalue weighted by atomic mass is 9.86. The van der Waals surface area contributed by atoms with Gasteiger partial charge in [0.05, 0.1) is 17.4 Å². The molecule has 0 radical (unpaired) electrons. The average Bonchev–Trinajstić information content (AvgIpc) is 3.22. The van der Waals surface area contributed by atoms with Crippen molar-refractivity contribution in [3.63, 3.8) is 0 Å². The number of aliphatic hydroxyl groups is 1. The summed E-state index contributed by atoms with van der Waals surface area (Å²) < 4.78 is 0. The number of para-hydroxylation sites is 1. The van der Waals surface area contributed by atoms with Gasteiger partial charge >= 0.3 is 0 Å². The molecule has 0 saturated heterocycles. The fourth-order valence-electron chi connectivity index (χ4n) is 3.32. The summed E-state index contributed by atoms with van der Waals surface area (Å²) in [7, 11) is 0. The normalized spacial score (nSPS) is 21.6. The molecular weight excluding hydrogens is 308 g/mol. The molecule has 0 bridgehead atoms. The van der Waals surface area contributed by atoms with E-state index in [1.54, 1.807) is 6.20 Å². The number of nitrogens with zero attached hydrogens (tertiary/aromatic N) is 1. The lowest BCUT2D eigenvalue weighted by Crippen LogP contribution is -2.17. The molecule has 1 aliphatic carbocycles. The van der Waals surface area contributed by atoms with Crippen molar-refractivity contribution in [2.24, 2.45) is 0 Å². The molecule has 0 unspecified atom stereocenters. The number of nitrogens with one attached hydrogen (secondary N) is 1. The monoisotopic (exact) mass is 326 g/mol. The molecule has 3 aromatic rings. The molecule has 0 atom stereocenters. The number of aromatic amines is 1. The van der Waals surface area contributed by atoms with Gasteiger partial charge in [0, 0.05) is 28.4 Å². The van der Waals surface area contributed by atoms with Crippen molar-refractivity contribution in [3.8, 4) is 0 Å². The van der Waals surface area contributed by atoms with E-state index in [1.165, 1.54) is 11.3 Å². The summed E-state index contributed by atoms with van der Waals surface area (Å²) in [5, 5.41) is 13.1. The number of ketones is 1. The van der Waals surface area contributed by atoms with Crippen molar-refractivity contribution >= 4 is 28.0 Å². The van der Waals surface area contributed by atoms with Gasteiger partial charge in [0.2, 0.25) is 5.78 Å². The fraction of sp³-hybridized carbons (Fsp3) is 0.333. The maximum absolute atomic E-state index is 12.8. The maximum Gasteiger partial charge on any atom is 0.223 e. The average molecular weight is 326 g/mol. The van der Waals surface area contributed by atoms with E-state index in [9.17, 15) is 9.90 Å². The SMILES string of the molecule is O=C(c1nc([C@H]2CC[C@H](O)CC2)cs1)c1c[nH]c2ccccc12. The Hall–Kier alpha value is -1.98. The zero-order valence-electron chi connectivity index (χ0n) is 12.7. The molecule has 118 valence electrons. The molecule has 5 heteroatoms. The van der Waals surface area contributed by atoms with Gasteiger partial charge in [0.15, 0.2) is 5.01 Å². The lowest BCUT2D eigenvalue weighted by Gasteiger charge is -2.23. The Morgan fingerprint density at radius 2 is 2.00 bits per heavy atom. The molecule has 1 aliphatic rings. The van der Waals surface area contributed by atoms with Crippen molar-refractivity contribution < 1.29 is 9.90 Å². The number of aliphatic hydroxyl groups excluding tert-OH is 1. The molecule has 1 aromatic carbocycles. The van der Waals surface area contributed by atoms with Gasteiger partial charge in [-0.25, -0.2) is 4.98 Å². The molecule has 2 aromatic heterocycles. The Kier molecular flexibility index (Phi) is 3.75. The van der Waals surface area contributed by atoms with E-state index in [-0.39, 0.29) is 11.9 Å². The van der Waals surface area contributed by atoms with E-state index in [0.717, 1.165) is 42.3 Å². The molecule has 23 heavy (non-hydrogen) atoms. The Balaban J connectivity index is 1.60. The molecule has 4 nitrogen and oxygen atoms in total. The number of thiazole rings is 1. The standard InChI is InChI=1S/C18H18N2O2S/c21-12-7-5-11(6-8-12)16-10-23-18(20-16)17(22)14-9-19-15-4-2-1-3-13(14)15/h1-4,9-12,19,21H,5-8H2/t11-,12-. The summed E-state index contributed by atoms with van der Waals surface area (Å²) >= 11 is 1.42. The van der Waals surface area contributed by atoms with E-state index < -0.39 is 0 Å². The predicted molar refractivity (Wildman–Crippen MR) is 91.1 cm³/mol. The van der Waals surface area contributed by atoms with Crippen LogP contribution in [-0.4, -0.2) is 27.0 Å². The molecule has 2 N–H and O–H groups in total. The number of hydrogen-bond acceptors (Lipinski definition) is 4. The van der Waals surface area contributed by atoms with Crippen LogP contribution in [0.5, 0.6) is 0 Å². The number of benzene rings is 1. The van der Waals surface area contributed by atoms with Gasteiger partial charge in [-0.3, -0.25) is 4.79 Å². The van der Waals surface area contributed by atoms with Crippen LogP contribution in [0.4, 0.5) is 0 Å². The zero-order valence-corrected chi connectivity index (χ0v) is 13.5. The molecule has 0 spiro atoms. The van der Waals surface area contributed by atoms with Crippen LogP contribution in [0.3, 0.4) is 0 Å². The zero-order chi connectivity index (χ0) is 15.8. The third-order valence-electron chi connectivity index (χ3n) is 4.67. The van der Waals surface area contributed by atoms with Gasteiger partial charge in [-0.1, -0.05) is 18.2 Å². The minimum Gasteiger partial charge on any atom is -0.393 e. The Bertz CT molecular complexity index is 843. The van der Waals surface area contributed by atoms with Crippen molar-refractivity contribution in [2.45, 2.75) is 37.7 Å². The second-order valence-corrected chi connectivity index (χ2v) is 7.02. The molecule has 4 rings (SSSR count). The van der Waals surface area contributed by atoms with Crippen LogP contribution in [0.2, 0.25) is 0 Å². The Morgan fingerprint density at radius 1 is 1.22 bits per heavy atom. The van der Waals surface area contributed by atoms with Crippen LogP contribution in [0, 0.1) is 0 Å². The van der Waals surface area contributed by atoms with Crippen molar-refractivity contribution in [2.75, 3.05) is 0 Å². The first-order chi connectivity index (χ1) is 11.2. The van der Waals surface area contributed by atoms with E-state index in [2.05, 4.69) is 9.97 Å². The quantitative estimate of drug-likeness (QED) is 0.718. The van der Waals surface area contributed by atoms with Gasteiger partial charge < -0.3 is 10.1 Å². The van der Waals surface area contributed by atoms with Crippen LogP contribution >= 0.6 is 11.3 Å². The van der Waals surface area contributed by atoms with Crippen molar-refractivity contribution in [1.82, 2.24) is 9.97 Å². The first kappa shape index (κ1) is 14.6. The predicted octanol–water partition coefficient (Wildman–Crippen LogP) is 3.87. The molecule has 0 aliphatic heterocycles. The Morgan fingerprint density at radius 3 is 2.83 bits per heavy atom. The second-order valence-electron chi connectivity index (χ2n) is 6.16. The number of aromatic nitrogens is 2. The van der Waals surface area contributed by atoms with E-state index in [4.69, 9.17) is 0 Å². The van der Waals surface area contributed by atoms with Gasteiger partial charge in [0.25, 0.3) is 0 Å². The van der Waals surface area contributed by atoms with Crippen LogP contribution in [-0.2, 0) is 0 Å². The van der Waals surface area contributed by atoms with Crippen LogP contribution in [0.25, 0.3) is 10.9 Å². The fourth-order valence-corrected chi connectivity index (χ4v) is 4.18. The summed E-state index contributed by atoms with van der Waals surface area (Å²) in [4.78, 5) is 20.5. The number of H-pyrrole nitrogens is 1. The van der Waals surface area contributed by atoms with Gasteiger partial charge in [-0.15, -0.1) is 11.3 Å². The minimum atomic E-state index is -0.169. The Labute approximate surface area is 138 Å². The highest BCUT2D eigenvalue weighted by Crippen LogP contribution is 2.34. The van der Waals surface area contributed by atoms with Crippen molar-refractivity contribution in [3.05, 3.63) is 52.1 Å². The summed E-state index contributed by atoms with van der Waals surface area (Å²) in [6, 6.07) is 7.81. The number of hydrogen-bond donors (Lipinski definition) is 2. The molecule has 2 heterocycles. The third-order valence-corrected chi connectivity index (χ3v) is 5.52. The van der Waals surface area contributed by atoms with Crippen LogP contribution in [0.15, 0.2) is 35.8 Å². The highest BCUT2D eigenvalue weighted by atomic mass is 32.1. The van der Waals surface area contributed by atoms with Crippen LogP contribution < -0.4 is 0 Å². The third kappa shape index (κ3) is 2.71. The topological polar surface area (TPSA) is 66.0 Å². The van der Waals surface area contributed by atoms with E-state index in [0.29, 0.717) is 16.5 Å². The summed E-state index contributed by atoms with van der Waals surface area (Å²) in [6.45, 7) is 0. The lowest BCUT2D eigenvalue weighted by molar-refractivity contribution is 0.103. The first-order valence-electron chi connectivity index (χ1n) is 7.96.